The van der Waals surface area contributed by atoms with E-state index in [-0.39, 0.29) is 33.5 Å². The van der Waals surface area contributed by atoms with E-state index in [4.69, 9.17) is 9.47 Å². The van der Waals surface area contributed by atoms with Crippen LogP contribution in [0.1, 0.15) is 18.1 Å². The number of hydrogen-bond acceptors (Lipinski definition) is 7. The van der Waals surface area contributed by atoms with Crippen LogP contribution in [0.2, 0.25) is 0 Å². The average Bonchev–Trinajstić information content (AvgIpc) is 2.84. The summed E-state index contributed by atoms with van der Waals surface area (Å²) in [5.74, 6) is 0.441. The van der Waals surface area contributed by atoms with E-state index in [1.807, 2.05) is 30.3 Å². The second kappa shape index (κ2) is 10.6. The van der Waals surface area contributed by atoms with Crippen LogP contribution >= 0.6 is 0 Å². The van der Waals surface area contributed by atoms with E-state index in [1.54, 1.807) is 32.2 Å². The maximum Gasteiger partial charge on any atom is 0.207 e. The first kappa shape index (κ1) is 23.8. The van der Waals surface area contributed by atoms with Crippen molar-refractivity contribution in [1.29, 1.82) is 0 Å². The van der Waals surface area contributed by atoms with Crippen LogP contribution in [0.5, 0.6) is 11.5 Å². The molecule has 0 heterocycles. The lowest BCUT2D eigenvalue weighted by Gasteiger charge is -2.20. The summed E-state index contributed by atoms with van der Waals surface area (Å²) in [6, 6.07) is 20.3. The molecule has 33 heavy (non-hydrogen) atoms. The number of nitrogens with zero attached hydrogens (tertiary/aromatic N) is 3. The number of oxime groups is 1. The fourth-order valence-electron chi connectivity index (χ4n) is 3.19. The molecule has 9 heteroatoms. The van der Waals surface area contributed by atoms with Crippen molar-refractivity contribution in [2.75, 3.05) is 14.2 Å². The quantitative estimate of drug-likeness (QED) is 0.231. The molecule has 0 aliphatic rings. The summed E-state index contributed by atoms with van der Waals surface area (Å²) in [4.78, 5) is -0.0197. The predicted molar refractivity (Wildman–Crippen MR) is 126 cm³/mol. The number of rotatable bonds is 8. The Hall–Kier alpha value is -3.85. The Morgan fingerprint density at radius 1 is 1.03 bits per heavy atom. The van der Waals surface area contributed by atoms with Gasteiger partial charge in [0.1, 0.15) is 6.61 Å². The standard InChI is InChI=1S/C24H25N3O5S/c1-4-25-27(2)24(26-28)20-15-22(32-17-18-11-7-5-8-12-18)21(31-3)16-23(20)33(29,30)19-13-9-6-10-14-19/h4-16,28H,17H2,1-3H3. The van der Waals surface area contributed by atoms with Gasteiger partial charge in [-0.05, 0) is 30.7 Å². The molecule has 0 amide bonds. The first-order chi connectivity index (χ1) is 15.9. The predicted octanol–water partition coefficient (Wildman–Crippen LogP) is 4.18. The molecule has 8 nitrogen and oxygen atoms in total. The van der Waals surface area contributed by atoms with E-state index in [0.29, 0.717) is 5.75 Å². The van der Waals surface area contributed by atoms with Gasteiger partial charge in [0.15, 0.2) is 17.3 Å². The van der Waals surface area contributed by atoms with Gasteiger partial charge in [-0.1, -0.05) is 53.7 Å². The van der Waals surface area contributed by atoms with Gasteiger partial charge in [0.05, 0.1) is 16.9 Å². The minimum Gasteiger partial charge on any atom is -0.493 e. The van der Waals surface area contributed by atoms with E-state index in [9.17, 15) is 13.6 Å². The van der Waals surface area contributed by atoms with Crippen LogP contribution in [0.25, 0.3) is 0 Å². The maximum atomic E-state index is 13.5. The van der Waals surface area contributed by atoms with Gasteiger partial charge in [-0.25, -0.2) is 13.4 Å². The smallest absolute Gasteiger partial charge is 0.207 e. The van der Waals surface area contributed by atoms with Gasteiger partial charge < -0.3 is 14.7 Å². The molecule has 0 aliphatic heterocycles. The molecule has 3 rings (SSSR count). The second-order valence-corrected chi connectivity index (χ2v) is 8.83. The van der Waals surface area contributed by atoms with Crippen molar-refractivity contribution in [2.24, 2.45) is 10.3 Å². The van der Waals surface area contributed by atoms with Gasteiger partial charge in [0, 0.05) is 24.9 Å². The monoisotopic (exact) mass is 467 g/mol. The van der Waals surface area contributed by atoms with Gasteiger partial charge in [0.25, 0.3) is 0 Å². The van der Waals surface area contributed by atoms with Crippen molar-refractivity contribution < 1.29 is 23.1 Å². The molecule has 0 unspecified atom stereocenters. The van der Waals surface area contributed by atoms with Crippen molar-refractivity contribution in [2.45, 2.75) is 23.3 Å². The number of amidine groups is 1. The van der Waals surface area contributed by atoms with E-state index in [1.165, 1.54) is 42.6 Å². The highest BCUT2D eigenvalue weighted by atomic mass is 32.2. The number of ether oxygens (including phenoxy) is 2. The molecule has 0 radical (unpaired) electrons. The third-order valence-corrected chi connectivity index (χ3v) is 6.59. The van der Waals surface area contributed by atoms with Crippen LogP contribution in [0.3, 0.4) is 0 Å². The molecule has 0 saturated heterocycles. The van der Waals surface area contributed by atoms with E-state index in [2.05, 4.69) is 10.3 Å². The lowest BCUT2D eigenvalue weighted by atomic mass is 10.1. The minimum absolute atomic E-state index is 0.0742. The van der Waals surface area contributed by atoms with Gasteiger partial charge in [-0.3, -0.25) is 0 Å². The third-order valence-electron chi connectivity index (χ3n) is 4.78. The summed E-state index contributed by atoms with van der Waals surface area (Å²) in [6.07, 6.45) is 1.49. The van der Waals surface area contributed by atoms with Crippen LogP contribution in [-0.2, 0) is 16.4 Å². The van der Waals surface area contributed by atoms with Crippen molar-refractivity contribution in [3.63, 3.8) is 0 Å². The molecule has 0 aliphatic carbocycles. The highest BCUT2D eigenvalue weighted by Gasteiger charge is 2.28. The molecule has 0 bridgehead atoms. The summed E-state index contributed by atoms with van der Waals surface area (Å²) in [5, 5.41) is 18.5. The minimum atomic E-state index is -4.00. The van der Waals surface area contributed by atoms with Gasteiger partial charge in [-0.15, -0.1) is 0 Å². The summed E-state index contributed by atoms with van der Waals surface area (Å²) in [7, 11) is -1.02. The fraction of sp³-hybridized carbons (Fsp3) is 0.167. The van der Waals surface area contributed by atoms with Crippen LogP contribution < -0.4 is 9.47 Å². The van der Waals surface area contributed by atoms with Crippen molar-refractivity contribution in [3.8, 4) is 11.5 Å². The largest absolute Gasteiger partial charge is 0.493 e. The number of benzene rings is 3. The fourth-order valence-corrected chi connectivity index (χ4v) is 4.66. The highest BCUT2D eigenvalue weighted by molar-refractivity contribution is 7.91. The molecule has 0 fully saturated rings. The molecule has 3 aromatic carbocycles. The Morgan fingerprint density at radius 2 is 1.67 bits per heavy atom. The lowest BCUT2D eigenvalue weighted by molar-refractivity contribution is 0.283. The normalized spacial score (nSPS) is 12.0. The molecular formula is C24H25N3O5S. The molecule has 0 atom stereocenters. The van der Waals surface area contributed by atoms with Gasteiger partial charge in [0.2, 0.25) is 9.84 Å². The van der Waals surface area contributed by atoms with E-state index < -0.39 is 9.84 Å². The molecular weight excluding hydrogens is 442 g/mol. The Bertz CT molecular complexity index is 1240. The second-order valence-electron chi connectivity index (χ2n) is 6.91. The third kappa shape index (κ3) is 5.32. The molecule has 172 valence electrons. The van der Waals surface area contributed by atoms with Crippen molar-refractivity contribution in [3.05, 3.63) is 83.9 Å². The first-order valence-electron chi connectivity index (χ1n) is 10.1. The molecule has 3 aromatic rings. The van der Waals surface area contributed by atoms with Crippen molar-refractivity contribution >= 4 is 21.9 Å². The summed E-state index contributed by atoms with van der Waals surface area (Å²) in [6.45, 7) is 1.92. The van der Waals surface area contributed by atoms with Gasteiger partial charge >= 0.3 is 0 Å². The number of hydrogen-bond donors (Lipinski definition) is 1. The van der Waals surface area contributed by atoms with Crippen LogP contribution in [-0.4, -0.2) is 44.8 Å². The van der Waals surface area contributed by atoms with Crippen LogP contribution in [0, 0.1) is 0 Å². The van der Waals surface area contributed by atoms with Crippen LogP contribution in [0.15, 0.2) is 92.8 Å². The lowest BCUT2D eigenvalue weighted by Crippen LogP contribution is -2.25. The summed E-state index contributed by atoms with van der Waals surface area (Å²) in [5.41, 5.74) is 1.03. The zero-order chi connectivity index (χ0) is 23.8. The Morgan fingerprint density at radius 3 is 2.24 bits per heavy atom. The summed E-state index contributed by atoms with van der Waals surface area (Å²) >= 11 is 0. The number of hydrazone groups is 1. The van der Waals surface area contributed by atoms with Crippen molar-refractivity contribution in [1.82, 2.24) is 5.01 Å². The Labute approximate surface area is 193 Å². The topological polar surface area (TPSA) is 101 Å². The summed E-state index contributed by atoms with van der Waals surface area (Å²) < 4.78 is 38.4. The van der Waals surface area contributed by atoms with E-state index >= 15 is 0 Å². The molecule has 0 aromatic heterocycles. The number of methoxy groups -OCH3 is 1. The highest BCUT2D eigenvalue weighted by Crippen LogP contribution is 2.36. The zero-order valence-electron chi connectivity index (χ0n) is 18.5. The Balaban J connectivity index is 2.19. The van der Waals surface area contributed by atoms with E-state index in [0.717, 1.165) is 5.56 Å². The molecule has 1 N–H and O–H groups in total. The Kier molecular flexibility index (Phi) is 7.68. The van der Waals surface area contributed by atoms with Gasteiger partial charge in [-0.2, -0.15) is 5.10 Å². The maximum absolute atomic E-state index is 13.5. The zero-order valence-corrected chi connectivity index (χ0v) is 19.4. The average molecular weight is 468 g/mol. The van der Waals surface area contributed by atoms with Crippen LogP contribution in [0.4, 0.5) is 0 Å². The SMILES string of the molecule is CC=NN(C)C(=NO)c1cc(OCc2ccccc2)c(OC)cc1S(=O)(=O)c1ccccc1. The molecule has 0 spiro atoms. The first-order valence-corrected chi connectivity index (χ1v) is 11.5. The number of sulfone groups is 1. The molecule has 0 saturated carbocycles.